The van der Waals surface area contributed by atoms with Gasteiger partial charge in [-0.1, -0.05) is 4.49 Å². The molecule has 2 N–H and O–H groups in total. The maximum atomic E-state index is 5.73. The second kappa shape index (κ2) is 3.72. The number of aryl methyl sites for hydroxylation is 1. The van der Waals surface area contributed by atoms with E-state index in [2.05, 4.69) is 14.6 Å². The highest BCUT2D eigenvalue weighted by atomic mass is 32.1. The lowest BCUT2D eigenvalue weighted by Gasteiger charge is -1.96. The van der Waals surface area contributed by atoms with Crippen LogP contribution in [0.25, 0.3) is 9.88 Å². The summed E-state index contributed by atoms with van der Waals surface area (Å²) in [5.41, 5.74) is 7.59. The Balaban J connectivity index is 2.39. The quantitative estimate of drug-likeness (QED) is 0.850. The molecule has 0 bridgehead atoms. The van der Waals surface area contributed by atoms with Gasteiger partial charge in [0.05, 0.1) is 11.4 Å². The van der Waals surface area contributed by atoms with Gasteiger partial charge in [-0.2, -0.15) is 0 Å². The van der Waals surface area contributed by atoms with Crippen molar-refractivity contribution >= 4 is 22.9 Å². The smallest absolute Gasteiger partial charge is 0.137 e. The molecule has 0 aliphatic heterocycles. The number of nitrogens with two attached hydrogens (primary N) is 1. The van der Waals surface area contributed by atoms with Crippen molar-refractivity contribution in [1.29, 1.82) is 0 Å². The summed E-state index contributed by atoms with van der Waals surface area (Å²) in [6.07, 6.45) is 0. The number of rotatable bonds is 2. The zero-order chi connectivity index (χ0) is 10.1. The van der Waals surface area contributed by atoms with Crippen LogP contribution in [0.4, 0.5) is 0 Å². The fourth-order valence-electron chi connectivity index (χ4n) is 1.03. The van der Waals surface area contributed by atoms with E-state index in [9.17, 15) is 0 Å². The lowest BCUT2D eigenvalue weighted by atomic mass is 10.3. The van der Waals surface area contributed by atoms with Gasteiger partial charge in [-0.15, -0.1) is 16.4 Å². The minimum Gasteiger partial charge on any atom is -0.323 e. The highest BCUT2D eigenvalue weighted by Gasteiger charge is 2.12. The van der Waals surface area contributed by atoms with E-state index in [1.54, 1.807) is 11.3 Å². The molecule has 6 heteroatoms. The third-order valence-corrected chi connectivity index (χ3v) is 3.68. The number of thiazole rings is 1. The van der Waals surface area contributed by atoms with Crippen LogP contribution >= 0.6 is 22.9 Å². The second-order valence-corrected chi connectivity index (χ2v) is 4.67. The molecule has 1 atom stereocenters. The van der Waals surface area contributed by atoms with Gasteiger partial charge in [-0.3, -0.25) is 0 Å². The molecule has 74 valence electrons. The van der Waals surface area contributed by atoms with Crippen LogP contribution in [0.15, 0.2) is 5.38 Å². The molecular formula is C8H10N4S2. The molecule has 0 aliphatic carbocycles. The van der Waals surface area contributed by atoms with Crippen molar-refractivity contribution in [2.45, 2.75) is 19.9 Å². The summed E-state index contributed by atoms with van der Waals surface area (Å²) in [5, 5.41) is 6.90. The Kier molecular flexibility index (Phi) is 2.58. The number of aromatic nitrogens is 3. The third kappa shape index (κ3) is 1.68. The Hall–Kier alpha value is -0.850. The van der Waals surface area contributed by atoms with Gasteiger partial charge < -0.3 is 5.73 Å². The molecule has 4 nitrogen and oxygen atoms in total. The minimum absolute atomic E-state index is 0.0128. The SMILES string of the molecule is Cc1nnsc1-c1nc(C(C)N)cs1. The van der Waals surface area contributed by atoms with Crippen LogP contribution in [0.1, 0.15) is 24.4 Å². The summed E-state index contributed by atoms with van der Waals surface area (Å²) in [7, 11) is 0. The largest absolute Gasteiger partial charge is 0.323 e. The molecule has 0 aromatic carbocycles. The van der Waals surface area contributed by atoms with Crippen molar-refractivity contribution in [2.75, 3.05) is 0 Å². The molecule has 2 aromatic heterocycles. The molecule has 2 heterocycles. The number of nitrogens with zero attached hydrogens (tertiary/aromatic N) is 3. The van der Waals surface area contributed by atoms with Crippen molar-refractivity contribution in [2.24, 2.45) is 5.73 Å². The van der Waals surface area contributed by atoms with Crippen molar-refractivity contribution in [3.05, 3.63) is 16.8 Å². The maximum absolute atomic E-state index is 5.73. The van der Waals surface area contributed by atoms with Crippen LogP contribution in [-0.2, 0) is 0 Å². The Bertz CT molecular complexity index is 432. The molecule has 14 heavy (non-hydrogen) atoms. The minimum atomic E-state index is -0.0128. The summed E-state index contributed by atoms with van der Waals surface area (Å²) < 4.78 is 3.88. The standard InChI is InChI=1S/C8H10N4S2/c1-4(9)6-3-13-8(10-6)7-5(2)11-12-14-7/h3-4H,9H2,1-2H3. The first-order valence-corrected chi connectivity index (χ1v) is 5.84. The van der Waals surface area contributed by atoms with Crippen LogP contribution in [0.2, 0.25) is 0 Å². The fraction of sp³-hybridized carbons (Fsp3) is 0.375. The summed E-state index contributed by atoms with van der Waals surface area (Å²) >= 11 is 2.96. The van der Waals surface area contributed by atoms with Crippen molar-refractivity contribution in [3.63, 3.8) is 0 Å². The second-order valence-electron chi connectivity index (χ2n) is 3.05. The van der Waals surface area contributed by atoms with Gasteiger partial charge in [0, 0.05) is 11.4 Å². The van der Waals surface area contributed by atoms with Crippen LogP contribution < -0.4 is 5.73 Å². The van der Waals surface area contributed by atoms with E-state index in [-0.39, 0.29) is 6.04 Å². The molecule has 2 aromatic rings. The number of hydrogen-bond acceptors (Lipinski definition) is 6. The lowest BCUT2D eigenvalue weighted by molar-refractivity contribution is 0.790. The fourth-order valence-corrected chi connectivity index (χ4v) is 2.74. The molecule has 0 radical (unpaired) electrons. The predicted molar refractivity (Wildman–Crippen MR) is 58.4 cm³/mol. The molecule has 0 saturated carbocycles. The summed E-state index contributed by atoms with van der Waals surface area (Å²) in [6, 6.07) is -0.0128. The number of hydrogen-bond donors (Lipinski definition) is 1. The van der Waals surface area contributed by atoms with Crippen LogP contribution in [0, 0.1) is 6.92 Å². The molecular weight excluding hydrogens is 216 g/mol. The molecule has 0 amide bonds. The van der Waals surface area contributed by atoms with E-state index in [1.807, 2.05) is 19.2 Å². The van der Waals surface area contributed by atoms with E-state index in [4.69, 9.17) is 5.73 Å². The van der Waals surface area contributed by atoms with Crippen LogP contribution in [0.3, 0.4) is 0 Å². The zero-order valence-electron chi connectivity index (χ0n) is 7.89. The van der Waals surface area contributed by atoms with E-state index < -0.39 is 0 Å². The van der Waals surface area contributed by atoms with Crippen molar-refractivity contribution < 1.29 is 0 Å². The van der Waals surface area contributed by atoms with E-state index in [0.717, 1.165) is 21.3 Å². The van der Waals surface area contributed by atoms with Gasteiger partial charge in [-0.05, 0) is 25.4 Å². The average Bonchev–Trinajstić information content (AvgIpc) is 2.71. The molecule has 1 unspecified atom stereocenters. The Morgan fingerprint density at radius 1 is 1.50 bits per heavy atom. The zero-order valence-corrected chi connectivity index (χ0v) is 9.52. The maximum Gasteiger partial charge on any atom is 0.137 e. The monoisotopic (exact) mass is 226 g/mol. The van der Waals surface area contributed by atoms with Gasteiger partial charge in [0.25, 0.3) is 0 Å². The molecule has 0 spiro atoms. The predicted octanol–water partition coefficient (Wildman–Crippen LogP) is 1.99. The summed E-state index contributed by atoms with van der Waals surface area (Å²) in [6.45, 7) is 3.86. The first-order valence-electron chi connectivity index (χ1n) is 4.19. The highest BCUT2D eigenvalue weighted by molar-refractivity contribution is 7.18. The third-order valence-electron chi connectivity index (χ3n) is 1.83. The highest BCUT2D eigenvalue weighted by Crippen LogP contribution is 2.29. The van der Waals surface area contributed by atoms with Crippen molar-refractivity contribution in [3.8, 4) is 9.88 Å². The van der Waals surface area contributed by atoms with Gasteiger partial charge in [0.1, 0.15) is 9.88 Å². The van der Waals surface area contributed by atoms with Gasteiger partial charge in [-0.25, -0.2) is 4.98 Å². The molecule has 0 saturated heterocycles. The van der Waals surface area contributed by atoms with Gasteiger partial charge in [0.15, 0.2) is 0 Å². The van der Waals surface area contributed by atoms with E-state index in [0.29, 0.717) is 0 Å². The Labute approximate surface area is 90.0 Å². The van der Waals surface area contributed by atoms with Gasteiger partial charge >= 0.3 is 0 Å². The first kappa shape index (κ1) is 9.70. The van der Waals surface area contributed by atoms with Crippen LogP contribution in [-0.4, -0.2) is 14.6 Å². The average molecular weight is 226 g/mol. The molecule has 0 fully saturated rings. The van der Waals surface area contributed by atoms with Crippen molar-refractivity contribution in [1.82, 2.24) is 14.6 Å². The summed E-state index contributed by atoms with van der Waals surface area (Å²) in [4.78, 5) is 5.48. The van der Waals surface area contributed by atoms with E-state index in [1.165, 1.54) is 11.5 Å². The molecule has 2 rings (SSSR count). The topological polar surface area (TPSA) is 64.7 Å². The first-order chi connectivity index (χ1) is 6.68. The Morgan fingerprint density at radius 3 is 2.79 bits per heavy atom. The molecule has 0 aliphatic rings. The lowest BCUT2D eigenvalue weighted by Crippen LogP contribution is -2.04. The van der Waals surface area contributed by atoms with Gasteiger partial charge in [0.2, 0.25) is 0 Å². The normalized spacial score (nSPS) is 13.1. The summed E-state index contributed by atoms with van der Waals surface area (Å²) in [5.74, 6) is 0. The van der Waals surface area contributed by atoms with E-state index >= 15 is 0 Å². The van der Waals surface area contributed by atoms with Crippen LogP contribution in [0.5, 0.6) is 0 Å². The Morgan fingerprint density at radius 2 is 2.29 bits per heavy atom.